The van der Waals surface area contributed by atoms with Crippen LogP contribution in [-0.4, -0.2) is 0 Å². The molecular weight excluding hydrogens is 583 g/mol. The molecule has 0 bridgehead atoms. The van der Waals surface area contributed by atoms with Gasteiger partial charge < -0.3 is 9.32 Å². The first-order chi connectivity index (χ1) is 27.2. The Morgan fingerprint density at radius 2 is 1.08 bits per heavy atom. The minimum Gasteiger partial charge on any atom is -0.455 e. The van der Waals surface area contributed by atoms with Crippen LogP contribution in [0.15, 0.2) is 192 Å². The molecule has 0 aliphatic carbocycles. The van der Waals surface area contributed by atoms with E-state index in [1.807, 2.05) is 78.9 Å². The van der Waals surface area contributed by atoms with Gasteiger partial charge in [0, 0.05) is 22.1 Å². The van der Waals surface area contributed by atoms with Crippen molar-refractivity contribution < 1.29 is 15.4 Å². The van der Waals surface area contributed by atoms with Crippen LogP contribution < -0.4 is 4.90 Å². The van der Waals surface area contributed by atoms with Crippen LogP contribution >= 0.6 is 0 Å². The molecule has 9 aromatic rings. The van der Waals surface area contributed by atoms with E-state index in [0.717, 1.165) is 21.9 Å². The zero-order valence-corrected chi connectivity index (χ0v) is 25.6. The number of rotatable bonds is 6. The third-order valence-corrected chi connectivity index (χ3v) is 8.62. The highest BCUT2D eigenvalue weighted by atomic mass is 16.3. The average Bonchev–Trinajstić information content (AvgIpc) is 3.63. The van der Waals surface area contributed by atoms with Crippen LogP contribution in [0.4, 0.5) is 17.1 Å². The fourth-order valence-electron chi connectivity index (χ4n) is 6.29. The lowest BCUT2D eigenvalue weighted by Crippen LogP contribution is -2.10. The largest absolute Gasteiger partial charge is 0.455 e. The zero-order valence-electron chi connectivity index (χ0n) is 33.6. The summed E-state index contributed by atoms with van der Waals surface area (Å²) in [6.07, 6.45) is 0. The minimum absolute atomic E-state index is 0.103. The molecule has 0 aliphatic rings. The van der Waals surface area contributed by atoms with Gasteiger partial charge in [-0.25, -0.2) is 0 Å². The van der Waals surface area contributed by atoms with Crippen molar-refractivity contribution in [2.24, 2.45) is 0 Å². The van der Waals surface area contributed by atoms with Crippen molar-refractivity contribution in [1.29, 1.82) is 0 Å². The van der Waals surface area contributed by atoms with E-state index in [1.165, 1.54) is 4.90 Å². The van der Waals surface area contributed by atoms with Gasteiger partial charge >= 0.3 is 0 Å². The number of anilines is 3. The predicted molar refractivity (Wildman–Crippen MR) is 202 cm³/mol. The Morgan fingerprint density at radius 3 is 1.83 bits per heavy atom. The first-order valence-corrected chi connectivity index (χ1v) is 15.7. The highest BCUT2D eigenvalue weighted by Crippen LogP contribution is 2.45. The molecule has 1 heterocycles. The number of hydrogen-bond donors (Lipinski definition) is 0. The quantitative estimate of drug-likeness (QED) is 0.184. The van der Waals surface area contributed by atoms with E-state index in [0.29, 0.717) is 38.8 Å². The normalized spacial score (nSPS) is 13.7. The highest BCUT2D eigenvalue weighted by Gasteiger charge is 2.20. The SMILES string of the molecule is [2H]c1c([2H])c(-c2ccccc2)c([2H])c(N(c2c([2H])c([2H])c(-c3ccc(-c4ccccc4)cc3)c([2H])c2[2H])c2cccc3oc4c5ccccc5ccc4c23)c1[2H]. The first-order valence-electron chi connectivity index (χ1n) is 19.7. The van der Waals surface area contributed by atoms with E-state index in [4.69, 9.17) is 7.16 Å². The lowest BCUT2D eigenvalue weighted by Gasteiger charge is -2.27. The molecule has 0 saturated heterocycles. The zero-order chi connectivity index (χ0) is 38.8. The molecule has 48 heavy (non-hydrogen) atoms. The molecule has 0 N–H and O–H groups in total. The summed E-state index contributed by atoms with van der Waals surface area (Å²) in [5.41, 5.74) is 4.16. The van der Waals surface area contributed by atoms with Crippen molar-refractivity contribution >= 4 is 49.8 Å². The van der Waals surface area contributed by atoms with Crippen molar-refractivity contribution in [1.82, 2.24) is 0 Å². The van der Waals surface area contributed by atoms with E-state index in [-0.39, 0.29) is 46.7 Å². The number of furan rings is 1. The Morgan fingerprint density at radius 1 is 0.438 bits per heavy atom. The second-order valence-electron chi connectivity index (χ2n) is 11.5. The maximum absolute atomic E-state index is 9.64. The third-order valence-electron chi connectivity index (χ3n) is 8.62. The van der Waals surface area contributed by atoms with E-state index in [9.17, 15) is 8.22 Å². The molecule has 0 spiro atoms. The summed E-state index contributed by atoms with van der Waals surface area (Å²) in [5, 5.41) is 3.09. The van der Waals surface area contributed by atoms with E-state index < -0.39 is 24.2 Å². The van der Waals surface area contributed by atoms with Gasteiger partial charge in [0.15, 0.2) is 0 Å². The van der Waals surface area contributed by atoms with E-state index in [2.05, 4.69) is 0 Å². The molecule has 1 aromatic heterocycles. The lowest BCUT2D eigenvalue weighted by molar-refractivity contribution is 0.672. The second kappa shape index (κ2) is 11.8. The summed E-state index contributed by atoms with van der Waals surface area (Å²) in [4.78, 5) is 1.39. The summed E-state index contributed by atoms with van der Waals surface area (Å²) < 4.78 is 81.2. The van der Waals surface area contributed by atoms with Gasteiger partial charge in [-0.05, 0) is 81.1 Å². The standard InChI is InChI=1S/C46H31NO/c1-3-11-32(12-4-1)34-21-23-35(24-22-34)36-25-28-39(29-26-36)47(40-17-9-16-38(31-40)33-13-5-2-6-14-33)43-19-10-20-44-45(43)42-30-27-37-15-7-8-18-41(37)46(42)48-44/h1-31H/i9D,16D,17D,25D,26D,28D,29D,31D. The van der Waals surface area contributed by atoms with Crippen molar-refractivity contribution in [2.45, 2.75) is 0 Å². The van der Waals surface area contributed by atoms with Gasteiger partial charge in [-0.15, -0.1) is 0 Å². The van der Waals surface area contributed by atoms with Gasteiger partial charge in [0.1, 0.15) is 11.2 Å². The number of nitrogens with zero attached hydrogens (tertiary/aromatic N) is 1. The molecule has 8 aromatic carbocycles. The molecular formula is C46H31NO. The van der Waals surface area contributed by atoms with Gasteiger partial charge in [-0.1, -0.05) is 145 Å². The fraction of sp³-hybridized carbons (Fsp3) is 0. The maximum Gasteiger partial charge on any atom is 0.143 e. The molecule has 2 heteroatoms. The van der Waals surface area contributed by atoms with Crippen LogP contribution in [0.2, 0.25) is 0 Å². The van der Waals surface area contributed by atoms with Crippen molar-refractivity contribution in [3.63, 3.8) is 0 Å². The second-order valence-corrected chi connectivity index (χ2v) is 11.5. The van der Waals surface area contributed by atoms with Crippen molar-refractivity contribution in [2.75, 3.05) is 4.90 Å². The molecule has 0 aliphatic heterocycles. The Labute approximate surface area is 291 Å². The molecule has 2 nitrogen and oxygen atoms in total. The van der Waals surface area contributed by atoms with Crippen molar-refractivity contribution in [3.05, 3.63) is 188 Å². The van der Waals surface area contributed by atoms with Crippen LogP contribution in [0.1, 0.15) is 11.0 Å². The monoisotopic (exact) mass is 621 g/mol. The highest BCUT2D eigenvalue weighted by molar-refractivity contribution is 6.19. The maximum atomic E-state index is 9.64. The van der Waals surface area contributed by atoms with Gasteiger partial charge in [-0.2, -0.15) is 0 Å². The summed E-state index contributed by atoms with van der Waals surface area (Å²) in [5.74, 6) is 0. The van der Waals surface area contributed by atoms with Crippen LogP contribution in [-0.2, 0) is 0 Å². The molecule has 0 saturated carbocycles. The van der Waals surface area contributed by atoms with Crippen LogP contribution in [0.25, 0.3) is 66.1 Å². The molecule has 226 valence electrons. The van der Waals surface area contributed by atoms with Crippen molar-refractivity contribution in [3.8, 4) is 33.4 Å². The minimum atomic E-state index is -0.465. The summed E-state index contributed by atoms with van der Waals surface area (Å²) >= 11 is 0. The van der Waals surface area contributed by atoms with Crippen LogP contribution in [0.5, 0.6) is 0 Å². The topological polar surface area (TPSA) is 16.4 Å². The number of hydrogen-bond acceptors (Lipinski definition) is 2. The molecule has 0 radical (unpaired) electrons. The Kier molecular flexibility index (Phi) is 5.07. The summed E-state index contributed by atoms with van der Waals surface area (Å²) in [7, 11) is 0. The van der Waals surface area contributed by atoms with Gasteiger partial charge in [0.2, 0.25) is 0 Å². The van der Waals surface area contributed by atoms with Crippen LogP contribution in [0, 0.1) is 0 Å². The third kappa shape index (κ3) is 4.92. The Hall–Kier alpha value is -6.38. The molecule has 0 fully saturated rings. The summed E-state index contributed by atoms with van der Waals surface area (Å²) in [6, 6.07) is 40.0. The van der Waals surface area contributed by atoms with E-state index >= 15 is 0 Å². The molecule has 9 rings (SSSR count). The van der Waals surface area contributed by atoms with Gasteiger partial charge in [0.25, 0.3) is 0 Å². The molecule has 0 unspecified atom stereocenters. The Balaban J connectivity index is 1.36. The van der Waals surface area contributed by atoms with Crippen LogP contribution in [0.3, 0.4) is 0 Å². The van der Waals surface area contributed by atoms with E-state index in [1.54, 1.807) is 60.7 Å². The Bertz CT molecular complexity index is 2970. The number of fused-ring (bicyclic) bond motifs is 5. The lowest BCUT2D eigenvalue weighted by atomic mass is 9.99. The summed E-state index contributed by atoms with van der Waals surface area (Å²) in [6.45, 7) is 0. The average molecular weight is 622 g/mol. The molecule has 0 amide bonds. The first kappa shape index (κ1) is 20.7. The smallest absolute Gasteiger partial charge is 0.143 e. The number of benzene rings is 8. The van der Waals surface area contributed by atoms with Gasteiger partial charge in [0.05, 0.1) is 22.0 Å². The van der Waals surface area contributed by atoms with Gasteiger partial charge in [-0.3, -0.25) is 0 Å². The fourth-order valence-corrected chi connectivity index (χ4v) is 6.29. The predicted octanol–water partition coefficient (Wildman–Crippen LogP) is 13.2. The molecule has 0 atom stereocenters.